The molecule has 2 amide bonds. The van der Waals surface area contributed by atoms with Crippen LogP contribution in [0.25, 0.3) is 0 Å². The molecule has 0 saturated carbocycles. The number of ether oxygens (including phenoxy) is 1. The standard InChI is InChI=1S/C14H26N2O3/c1-10(2)15-14(18)12-5-7-16(8-6-12)13(17)9-19-11(3)4/h10-12H,5-9H2,1-4H3,(H,15,18). The number of amides is 2. The van der Waals surface area contributed by atoms with Gasteiger partial charge in [0.1, 0.15) is 6.61 Å². The number of piperidine rings is 1. The van der Waals surface area contributed by atoms with Crippen LogP contribution in [0, 0.1) is 5.92 Å². The predicted octanol–water partition coefficient (Wildman–Crippen LogP) is 1.17. The highest BCUT2D eigenvalue weighted by atomic mass is 16.5. The first-order valence-electron chi connectivity index (χ1n) is 7.10. The summed E-state index contributed by atoms with van der Waals surface area (Å²) in [5.74, 6) is 0.175. The molecule has 1 aliphatic rings. The first kappa shape index (κ1) is 16.0. The minimum atomic E-state index is 0.0245. The Morgan fingerprint density at radius 3 is 2.26 bits per heavy atom. The van der Waals surface area contributed by atoms with Gasteiger partial charge in [0.05, 0.1) is 6.10 Å². The van der Waals surface area contributed by atoms with Gasteiger partial charge < -0.3 is 15.0 Å². The van der Waals surface area contributed by atoms with Crippen LogP contribution in [0.3, 0.4) is 0 Å². The van der Waals surface area contributed by atoms with Crippen LogP contribution in [-0.2, 0) is 14.3 Å². The van der Waals surface area contributed by atoms with E-state index >= 15 is 0 Å². The summed E-state index contributed by atoms with van der Waals surface area (Å²) in [7, 11) is 0. The first-order valence-corrected chi connectivity index (χ1v) is 7.10. The molecule has 1 rings (SSSR count). The molecular formula is C14H26N2O3. The highest BCUT2D eigenvalue weighted by Crippen LogP contribution is 2.17. The lowest BCUT2D eigenvalue weighted by Crippen LogP contribution is -2.45. The van der Waals surface area contributed by atoms with Gasteiger partial charge in [-0.2, -0.15) is 0 Å². The van der Waals surface area contributed by atoms with Crippen molar-refractivity contribution in [1.82, 2.24) is 10.2 Å². The maximum absolute atomic E-state index is 11.9. The number of hydrogen-bond acceptors (Lipinski definition) is 3. The van der Waals surface area contributed by atoms with Crippen LogP contribution in [0.4, 0.5) is 0 Å². The Morgan fingerprint density at radius 1 is 1.21 bits per heavy atom. The average Bonchev–Trinajstić information content (AvgIpc) is 2.35. The van der Waals surface area contributed by atoms with Crippen molar-refractivity contribution in [2.24, 2.45) is 5.92 Å². The maximum Gasteiger partial charge on any atom is 0.248 e. The number of likely N-dealkylation sites (tertiary alicyclic amines) is 1. The van der Waals surface area contributed by atoms with Crippen LogP contribution >= 0.6 is 0 Å². The lowest BCUT2D eigenvalue weighted by molar-refractivity contribution is -0.140. The van der Waals surface area contributed by atoms with Gasteiger partial charge in [0.25, 0.3) is 0 Å². The molecule has 1 aliphatic heterocycles. The van der Waals surface area contributed by atoms with E-state index in [-0.39, 0.29) is 36.5 Å². The van der Waals surface area contributed by atoms with E-state index in [1.807, 2.05) is 27.7 Å². The van der Waals surface area contributed by atoms with Crippen LogP contribution in [0.15, 0.2) is 0 Å². The van der Waals surface area contributed by atoms with Crippen LogP contribution in [0.1, 0.15) is 40.5 Å². The topological polar surface area (TPSA) is 58.6 Å². The van der Waals surface area contributed by atoms with E-state index in [1.165, 1.54) is 0 Å². The maximum atomic E-state index is 11.9. The summed E-state index contributed by atoms with van der Waals surface area (Å²) < 4.78 is 5.31. The summed E-state index contributed by atoms with van der Waals surface area (Å²) in [6.07, 6.45) is 1.55. The van der Waals surface area contributed by atoms with E-state index in [4.69, 9.17) is 4.74 Å². The van der Waals surface area contributed by atoms with E-state index in [2.05, 4.69) is 5.32 Å². The molecule has 5 nitrogen and oxygen atoms in total. The largest absolute Gasteiger partial charge is 0.369 e. The zero-order valence-corrected chi connectivity index (χ0v) is 12.4. The number of carbonyl (C=O) groups is 2. The van der Waals surface area contributed by atoms with E-state index < -0.39 is 0 Å². The number of nitrogens with zero attached hydrogens (tertiary/aromatic N) is 1. The zero-order chi connectivity index (χ0) is 14.4. The summed E-state index contributed by atoms with van der Waals surface area (Å²) in [5, 5.41) is 2.93. The second-order valence-electron chi connectivity index (χ2n) is 5.68. The van der Waals surface area contributed by atoms with Crippen LogP contribution in [-0.4, -0.2) is 48.6 Å². The molecule has 1 N–H and O–H groups in total. The summed E-state index contributed by atoms with van der Waals surface area (Å²) in [4.78, 5) is 25.5. The number of rotatable bonds is 5. The molecule has 0 spiro atoms. The molecule has 1 saturated heterocycles. The molecule has 1 heterocycles. The number of nitrogens with one attached hydrogen (secondary N) is 1. The van der Waals surface area contributed by atoms with Gasteiger partial charge in [-0.15, -0.1) is 0 Å². The van der Waals surface area contributed by atoms with Crippen LogP contribution in [0.2, 0.25) is 0 Å². The third-order valence-electron chi connectivity index (χ3n) is 3.19. The zero-order valence-electron chi connectivity index (χ0n) is 12.4. The SMILES string of the molecule is CC(C)NC(=O)C1CCN(C(=O)COC(C)C)CC1. The minimum absolute atomic E-state index is 0.0245. The molecule has 110 valence electrons. The van der Waals surface area contributed by atoms with Gasteiger partial charge in [-0.1, -0.05) is 0 Å². The summed E-state index contributed by atoms with van der Waals surface area (Å²) in [5.41, 5.74) is 0. The molecule has 0 aromatic rings. The fourth-order valence-corrected chi connectivity index (χ4v) is 2.12. The van der Waals surface area contributed by atoms with E-state index in [0.717, 1.165) is 12.8 Å². The van der Waals surface area contributed by atoms with E-state index in [1.54, 1.807) is 4.90 Å². The summed E-state index contributed by atoms with van der Waals surface area (Å²) >= 11 is 0. The Hall–Kier alpha value is -1.10. The van der Waals surface area contributed by atoms with Gasteiger partial charge in [-0.05, 0) is 40.5 Å². The van der Waals surface area contributed by atoms with E-state index in [9.17, 15) is 9.59 Å². The quantitative estimate of drug-likeness (QED) is 0.816. The monoisotopic (exact) mass is 270 g/mol. The van der Waals surface area contributed by atoms with Gasteiger partial charge in [-0.25, -0.2) is 0 Å². The predicted molar refractivity (Wildman–Crippen MR) is 73.7 cm³/mol. The van der Waals surface area contributed by atoms with E-state index in [0.29, 0.717) is 13.1 Å². The summed E-state index contributed by atoms with van der Waals surface area (Å²) in [6.45, 7) is 9.18. The van der Waals surface area contributed by atoms with Crippen molar-refractivity contribution in [3.8, 4) is 0 Å². The molecule has 19 heavy (non-hydrogen) atoms. The minimum Gasteiger partial charge on any atom is -0.369 e. The Balaban J connectivity index is 2.32. The fraction of sp³-hybridized carbons (Fsp3) is 0.857. The Bertz CT molecular complexity index is 308. The Morgan fingerprint density at radius 2 is 1.79 bits per heavy atom. The number of hydrogen-bond donors (Lipinski definition) is 1. The second kappa shape index (κ2) is 7.48. The highest BCUT2D eigenvalue weighted by molar-refractivity contribution is 5.80. The molecule has 0 radical (unpaired) electrons. The molecule has 0 atom stereocenters. The van der Waals surface area contributed by atoms with Crippen molar-refractivity contribution in [2.75, 3.05) is 19.7 Å². The molecule has 0 unspecified atom stereocenters. The van der Waals surface area contributed by atoms with Crippen molar-refractivity contribution in [2.45, 2.75) is 52.7 Å². The Labute approximate surface area is 115 Å². The third kappa shape index (κ3) is 5.59. The van der Waals surface area contributed by atoms with Gasteiger partial charge in [0, 0.05) is 25.0 Å². The van der Waals surface area contributed by atoms with Gasteiger partial charge in [-0.3, -0.25) is 9.59 Å². The van der Waals surface area contributed by atoms with Crippen LogP contribution < -0.4 is 5.32 Å². The van der Waals surface area contributed by atoms with Crippen molar-refractivity contribution >= 4 is 11.8 Å². The molecule has 0 bridgehead atoms. The molecule has 0 aromatic carbocycles. The first-order chi connectivity index (χ1) is 8.90. The summed E-state index contributed by atoms with van der Waals surface area (Å²) in [6, 6.07) is 0.173. The Kier molecular flexibility index (Phi) is 6.28. The third-order valence-corrected chi connectivity index (χ3v) is 3.19. The number of carbonyl (C=O) groups excluding carboxylic acids is 2. The second-order valence-corrected chi connectivity index (χ2v) is 5.68. The molecular weight excluding hydrogens is 244 g/mol. The van der Waals surface area contributed by atoms with Crippen molar-refractivity contribution in [3.63, 3.8) is 0 Å². The van der Waals surface area contributed by atoms with Crippen molar-refractivity contribution < 1.29 is 14.3 Å². The van der Waals surface area contributed by atoms with Crippen molar-refractivity contribution in [1.29, 1.82) is 0 Å². The lowest BCUT2D eigenvalue weighted by atomic mass is 9.95. The smallest absolute Gasteiger partial charge is 0.248 e. The lowest BCUT2D eigenvalue weighted by Gasteiger charge is -2.31. The van der Waals surface area contributed by atoms with Gasteiger partial charge >= 0.3 is 0 Å². The van der Waals surface area contributed by atoms with Crippen LogP contribution in [0.5, 0.6) is 0 Å². The molecule has 1 fully saturated rings. The van der Waals surface area contributed by atoms with Gasteiger partial charge in [0.15, 0.2) is 0 Å². The molecule has 0 aliphatic carbocycles. The molecule has 0 aromatic heterocycles. The fourth-order valence-electron chi connectivity index (χ4n) is 2.12. The average molecular weight is 270 g/mol. The van der Waals surface area contributed by atoms with Crippen molar-refractivity contribution in [3.05, 3.63) is 0 Å². The normalized spacial score (nSPS) is 17.1. The highest BCUT2D eigenvalue weighted by Gasteiger charge is 2.27. The van der Waals surface area contributed by atoms with Gasteiger partial charge in [0.2, 0.25) is 11.8 Å². The molecule has 5 heteroatoms.